The number of ether oxygens (including phenoxy) is 1. The molecule has 5 aromatic rings. The molecule has 0 saturated heterocycles. The van der Waals surface area contributed by atoms with E-state index in [0.717, 1.165) is 33.3 Å². The molecule has 0 aliphatic carbocycles. The van der Waals surface area contributed by atoms with E-state index in [4.69, 9.17) is 9.15 Å². The molecule has 1 unspecified atom stereocenters. The average molecular weight is 569 g/mol. The van der Waals surface area contributed by atoms with Crippen LogP contribution < -0.4 is 10.9 Å². The smallest absolute Gasteiger partial charge is 0.360 e. The van der Waals surface area contributed by atoms with Crippen molar-refractivity contribution >= 4 is 22.6 Å². The van der Waals surface area contributed by atoms with Gasteiger partial charge in [-0.1, -0.05) is 109 Å². The van der Waals surface area contributed by atoms with Gasteiger partial charge >= 0.3 is 11.6 Å². The third-order valence-electron chi connectivity index (χ3n) is 8.97. The first kappa shape index (κ1) is 26.8. The summed E-state index contributed by atoms with van der Waals surface area (Å²) in [6.45, 7) is 2.56. The summed E-state index contributed by atoms with van der Waals surface area (Å²) in [5.41, 5.74) is 6.12. The molecule has 4 aromatic carbocycles. The van der Waals surface area contributed by atoms with Gasteiger partial charge < -0.3 is 19.4 Å². The number of methoxy groups -OCH3 is 1. The Morgan fingerprint density at radius 3 is 2.12 bits per heavy atom. The fourth-order valence-corrected chi connectivity index (χ4v) is 7.16. The second-order valence-corrected chi connectivity index (χ2v) is 11.2. The number of nitrogens with one attached hydrogen (secondary N) is 1. The molecule has 6 nitrogen and oxygen atoms in total. The van der Waals surface area contributed by atoms with Gasteiger partial charge in [-0.15, -0.1) is 0 Å². The van der Waals surface area contributed by atoms with E-state index in [9.17, 15) is 9.59 Å². The van der Waals surface area contributed by atoms with Crippen LogP contribution in [0, 0.1) is 5.92 Å². The highest BCUT2D eigenvalue weighted by atomic mass is 16.5. The number of benzene rings is 4. The summed E-state index contributed by atoms with van der Waals surface area (Å²) >= 11 is 0. The normalized spacial score (nSPS) is 21.1. The Hall–Kier alpha value is -5.10. The van der Waals surface area contributed by atoms with Gasteiger partial charge in [-0.05, 0) is 29.7 Å². The van der Waals surface area contributed by atoms with Gasteiger partial charge in [0, 0.05) is 35.0 Å². The van der Waals surface area contributed by atoms with Crippen molar-refractivity contribution in [1.82, 2.24) is 4.90 Å². The Balaban J connectivity index is 1.59. The van der Waals surface area contributed by atoms with Crippen molar-refractivity contribution < 1.29 is 13.9 Å². The van der Waals surface area contributed by atoms with E-state index in [1.54, 1.807) is 0 Å². The fraction of sp³-hybridized carbons (Fsp3) is 0.189. The molecule has 6 heteroatoms. The molecule has 0 radical (unpaired) electrons. The molecule has 1 N–H and O–H groups in total. The molecule has 2 aliphatic rings. The van der Waals surface area contributed by atoms with Crippen LogP contribution in [0.3, 0.4) is 0 Å². The first-order valence-corrected chi connectivity index (χ1v) is 14.6. The van der Waals surface area contributed by atoms with Gasteiger partial charge in [0.2, 0.25) is 0 Å². The van der Waals surface area contributed by atoms with E-state index in [-0.39, 0.29) is 29.9 Å². The zero-order valence-electron chi connectivity index (χ0n) is 24.1. The maximum Gasteiger partial charge on any atom is 0.360 e. The summed E-state index contributed by atoms with van der Waals surface area (Å²) in [6, 6.07) is 37.7. The minimum Gasteiger partial charge on any atom is -0.466 e. The summed E-state index contributed by atoms with van der Waals surface area (Å²) in [5, 5.41) is 4.52. The topological polar surface area (TPSA) is 71.8 Å². The SMILES string of the molecule is COC(=O)C1=C(C)N(Cc2ccccc2)[C@@H]2c3c(c(=O)oc4ccccc34)N[C@@H](c3ccccc3)[C@@H]2C1c1ccccc1. The highest BCUT2D eigenvalue weighted by Crippen LogP contribution is 2.59. The van der Waals surface area contributed by atoms with Gasteiger partial charge in [-0.3, -0.25) is 0 Å². The minimum atomic E-state index is -0.399. The van der Waals surface area contributed by atoms with Crippen molar-refractivity contribution in [1.29, 1.82) is 0 Å². The van der Waals surface area contributed by atoms with Crippen LogP contribution in [0.15, 0.2) is 136 Å². The summed E-state index contributed by atoms with van der Waals surface area (Å²) < 4.78 is 11.4. The lowest BCUT2D eigenvalue weighted by molar-refractivity contribution is -0.137. The van der Waals surface area contributed by atoms with E-state index in [1.165, 1.54) is 7.11 Å². The van der Waals surface area contributed by atoms with Crippen molar-refractivity contribution in [3.05, 3.63) is 159 Å². The quantitative estimate of drug-likeness (QED) is 0.176. The minimum absolute atomic E-state index is 0.191. The molecule has 3 heterocycles. The highest BCUT2D eigenvalue weighted by molar-refractivity contribution is 5.92. The first-order valence-electron chi connectivity index (χ1n) is 14.6. The molecule has 0 spiro atoms. The second kappa shape index (κ2) is 11.0. The van der Waals surface area contributed by atoms with Gasteiger partial charge in [0.15, 0.2) is 0 Å². The molecule has 1 aromatic heterocycles. The van der Waals surface area contributed by atoms with Crippen molar-refractivity contribution in [2.75, 3.05) is 12.4 Å². The molecular weight excluding hydrogens is 536 g/mol. The monoisotopic (exact) mass is 568 g/mol. The molecule has 0 amide bonds. The number of rotatable bonds is 5. The van der Waals surface area contributed by atoms with E-state index >= 15 is 0 Å². The Morgan fingerprint density at radius 2 is 1.44 bits per heavy atom. The van der Waals surface area contributed by atoms with Crippen LogP contribution in [-0.4, -0.2) is 18.0 Å². The van der Waals surface area contributed by atoms with Gasteiger partial charge in [0.25, 0.3) is 0 Å². The number of fused-ring (bicyclic) bond motifs is 5. The van der Waals surface area contributed by atoms with E-state index in [2.05, 4.69) is 46.6 Å². The summed E-state index contributed by atoms with van der Waals surface area (Å²) in [7, 11) is 1.44. The van der Waals surface area contributed by atoms with Crippen LogP contribution in [-0.2, 0) is 16.1 Å². The largest absolute Gasteiger partial charge is 0.466 e. The van der Waals surface area contributed by atoms with Crippen molar-refractivity contribution in [2.24, 2.45) is 5.92 Å². The lowest BCUT2D eigenvalue weighted by Gasteiger charge is -2.53. The van der Waals surface area contributed by atoms with Crippen LogP contribution >= 0.6 is 0 Å². The Bertz CT molecular complexity index is 1880. The molecule has 4 atom stereocenters. The Labute approximate surface area is 250 Å². The van der Waals surface area contributed by atoms with Gasteiger partial charge in [0.05, 0.1) is 24.8 Å². The van der Waals surface area contributed by atoms with Crippen LogP contribution in [0.5, 0.6) is 0 Å². The number of carbonyl (C=O) groups is 1. The molecule has 214 valence electrons. The summed E-state index contributed by atoms with van der Waals surface area (Å²) in [6.07, 6.45) is 0. The van der Waals surface area contributed by atoms with E-state index in [0.29, 0.717) is 23.4 Å². The van der Waals surface area contributed by atoms with Crippen LogP contribution in [0.25, 0.3) is 11.0 Å². The molecule has 7 rings (SSSR count). The van der Waals surface area contributed by atoms with Gasteiger partial charge in [-0.25, -0.2) is 9.59 Å². The third-order valence-corrected chi connectivity index (χ3v) is 8.97. The maximum absolute atomic E-state index is 13.8. The van der Waals surface area contributed by atoms with Crippen LogP contribution in [0.4, 0.5) is 5.69 Å². The summed E-state index contributed by atoms with van der Waals surface area (Å²) in [4.78, 5) is 29.8. The first-order chi connectivity index (χ1) is 21.1. The Morgan fingerprint density at radius 1 is 0.837 bits per heavy atom. The van der Waals surface area contributed by atoms with Crippen molar-refractivity contribution in [3.8, 4) is 0 Å². The van der Waals surface area contributed by atoms with Crippen LogP contribution in [0.1, 0.15) is 47.2 Å². The molecule has 0 bridgehead atoms. The van der Waals surface area contributed by atoms with Gasteiger partial charge in [-0.2, -0.15) is 0 Å². The maximum atomic E-state index is 13.8. The molecule has 2 aliphatic heterocycles. The molecule has 0 saturated carbocycles. The lowest BCUT2D eigenvalue weighted by Crippen LogP contribution is -2.49. The van der Waals surface area contributed by atoms with E-state index in [1.807, 2.05) is 85.8 Å². The fourth-order valence-electron chi connectivity index (χ4n) is 7.16. The zero-order chi connectivity index (χ0) is 29.5. The third kappa shape index (κ3) is 4.50. The molecular formula is C37H32N2O4. The number of nitrogens with zero attached hydrogens (tertiary/aromatic N) is 1. The second-order valence-electron chi connectivity index (χ2n) is 11.2. The number of esters is 1. The standard InChI is InChI=1S/C37H32N2O4/c1-23-29(36(40)42-2)30(25-16-8-4-9-17-25)32-33(26-18-10-5-11-19-26)38-34-31(27-20-12-13-21-28(27)43-37(34)41)35(32)39(23)22-24-14-6-3-7-15-24/h3-21,30,32-33,35,38H,22H2,1-2H3/t30?,32-,33-,35+/m0/s1. The number of hydrogen-bond donors (Lipinski definition) is 1. The molecule has 43 heavy (non-hydrogen) atoms. The number of hydrogen-bond acceptors (Lipinski definition) is 6. The van der Waals surface area contributed by atoms with Crippen molar-refractivity contribution in [2.45, 2.75) is 31.5 Å². The predicted octanol–water partition coefficient (Wildman–Crippen LogP) is 7.36. The summed E-state index contributed by atoms with van der Waals surface area (Å²) in [5.74, 6) is -0.857. The van der Waals surface area contributed by atoms with Crippen molar-refractivity contribution in [3.63, 3.8) is 0 Å². The Kier molecular flexibility index (Phi) is 6.82. The van der Waals surface area contributed by atoms with Crippen LogP contribution in [0.2, 0.25) is 0 Å². The average Bonchev–Trinajstić information content (AvgIpc) is 3.06. The number of anilines is 1. The van der Waals surface area contributed by atoms with E-state index < -0.39 is 5.63 Å². The highest BCUT2D eigenvalue weighted by Gasteiger charge is 2.52. The number of allylic oxidation sites excluding steroid dienone is 1. The lowest BCUT2D eigenvalue weighted by atomic mass is 9.64. The van der Waals surface area contributed by atoms with Gasteiger partial charge in [0.1, 0.15) is 11.3 Å². The zero-order valence-corrected chi connectivity index (χ0v) is 24.1. The molecule has 0 fully saturated rings. The number of para-hydroxylation sites is 1. The number of carbonyl (C=O) groups excluding carboxylic acids is 1. The predicted molar refractivity (Wildman–Crippen MR) is 167 cm³/mol.